The fourth-order valence-corrected chi connectivity index (χ4v) is 5.46. The number of aromatic nitrogens is 1. The number of carbonyl (C=O) groups is 1. The highest BCUT2D eigenvalue weighted by Gasteiger charge is 2.21. The van der Waals surface area contributed by atoms with E-state index >= 15 is 0 Å². The van der Waals surface area contributed by atoms with E-state index in [2.05, 4.69) is 4.90 Å². The first-order valence-corrected chi connectivity index (χ1v) is 12.4. The monoisotopic (exact) mass is 472 g/mol. The summed E-state index contributed by atoms with van der Waals surface area (Å²) in [7, 11) is 0. The van der Waals surface area contributed by atoms with Gasteiger partial charge in [0.2, 0.25) is 0 Å². The van der Waals surface area contributed by atoms with Crippen LogP contribution in [0.2, 0.25) is 5.02 Å². The quantitative estimate of drug-likeness (QED) is 0.373. The van der Waals surface area contributed by atoms with Crippen molar-refractivity contribution < 1.29 is 14.3 Å². The van der Waals surface area contributed by atoms with Crippen molar-refractivity contribution >= 4 is 44.3 Å². The Balaban J connectivity index is 1.25. The minimum absolute atomic E-state index is 0.202. The molecule has 32 heavy (non-hydrogen) atoms. The van der Waals surface area contributed by atoms with Crippen molar-refractivity contribution in [3.63, 3.8) is 0 Å². The van der Waals surface area contributed by atoms with Crippen LogP contribution in [0.25, 0.3) is 10.2 Å². The molecule has 0 unspecified atom stereocenters. The summed E-state index contributed by atoms with van der Waals surface area (Å²) in [6.07, 6.45) is 3.59. The standard InChI is InChI=1S/C25H29ClN2O3S/c1-3-30-24(29)15-19-12-17(2)13-21(14-19)31-11-8-18-6-9-28(10-7-18)25-27-22-5-4-20(26)16-23(22)32-25/h4-5,12-14,16,18H,3,6-11,15H2,1-2H3. The number of hydrogen-bond acceptors (Lipinski definition) is 6. The molecule has 7 heteroatoms. The van der Waals surface area contributed by atoms with Crippen LogP contribution in [-0.2, 0) is 16.0 Å². The number of esters is 1. The highest BCUT2D eigenvalue weighted by molar-refractivity contribution is 7.22. The van der Waals surface area contributed by atoms with Crippen LogP contribution < -0.4 is 9.64 Å². The molecule has 1 aliphatic heterocycles. The van der Waals surface area contributed by atoms with E-state index in [-0.39, 0.29) is 12.4 Å². The van der Waals surface area contributed by atoms with Crippen LogP contribution in [-0.4, -0.2) is 37.3 Å². The van der Waals surface area contributed by atoms with Crippen molar-refractivity contribution in [1.82, 2.24) is 4.98 Å². The molecule has 0 aliphatic carbocycles. The average Bonchev–Trinajstić information content (AvgIpc) is 3.17. The molecule has 5 nitrogen and oxygen atoms in total. The Kier molecular flexibility index (Phi) is 7.53. The Hall–Kier alpha value is -2.31. The lowest BCUT2D eigenvalue weighted by molar-refractivity contribution is -0.142. The van der Waals surface area contributed by atoms with Gasteiger partial charge in [-0.25, -0.2) is 4.98 Å². The number of thiazole rings is 1. The molecule has 0 radical (unpaired) electrons. The van der Waals surface area contributed by atoms with Crippen molar-refractivity contribution in [2.24, 2.45) is 5.92 Å². The molecule has 170 valence electrons. The van der Waals surface area contributed by atoms with E-state index in [1.807, 2.05) is 50.2 Å². The van der Waals surface area contributed by atoms with Gasteiger partial charge in [-0.3, -0.25) is 4.79 Å². The molecule has 3 aromatic rings. The van der Waals surface area contributed by atoms with Gasteiger partial charge in [-0.05, 0) is 80.5 Å². The molecule has 0 N–H and O–H groups in total. The first-order chi connectivity index (χ1) is 15.5. The maximum atomic E-state index is 11.8. The molecule has 2 heterocycles. The number of benzene rings is 2. The smallest absolute Gasteiger partial charge is 0.310 e. The maximum Gasteiger partial charge on any atom is 0.310 e. The first kappa shape index (κ1) is 22.9. The summed E-state index contributed by atoms with van der Waals surface area (Å²) in [5.41, 5.74) is 3.04. The number of hydrogen-bond donors (Lipinski definition) is 0. The summed E-state index contributed by atoms with van der Waals surface area (Å²) in [4.78, 5) is 18.9. The highest BCUT2D eigenvalue weighted by atomic mass is 35.5. The van der Waals surface area contributed by atoms with Gasteiger partial charge in [0.05, 0.1) is 29.9 Å². The van der Waals surface area contributed by atoms with E-state index < -0.39 is 0 Å². The van der Waals surface area contributed by atoms with E-state index in [0.717, 1.165) is 69.6 Å². The van der Waals surface area contributed by atoms with Gasteiger partial charge in [-0.15, -0.1) is 0 Å². The van der Waals surface area contributed by atoms with Crippen LogP contribution in [0.3, 0.4) is 0 Å². The molecule has 0 spiro atoms. The van der Waals surface area contributed by atoms with Gasteiger partial charge in [0, 0.05) is 18.1 Å². The molecular formula is C25H29ClN2O3S. The number of aryl methyl sites for hydroxylation is 1. The predicted molar refractivity (Wildman–Crippen MR) is 131 cm³/mol. The van der Waals surface area contributed by atoms with Crippen molar-refractivity contribution in [2.75, 3.05) is 31.2 Å². The van der Waals surface area contributed by atoms with E-state index in [4.69, 9.17) is 26.1 Å². The minimum Gasteiger partial charge on any atom is -0.494 e. The zero-order valence-electron chi connectivity index (χ0n) is 18.6. The molecule has 4 rings (SSSR count). The SMILES string of the molecule is CCOC(=O)Cc1cc(C)cc(OCCC2CCN(c3nc4ccc(Cl)cc4s3)CC2)c1. The third-order valence-corrected chi connectivity index (χ3v) is 7.10. The topological polar surface area (TPSA) is 51.7 Å². The fourth-order valence-electron chi connectivity index (χ4n) is 4.17. The third-order valence-electron chi connectivity index (χ3n) is 5.78. The van der Waals surface area contributed by atoms with Crippen molar-refractivity contribution in [3.05, 3.63) is 52.5 Å². The second-order valence-corrected chi connectivity index (χ2v) is 9.76. The Morgan fingerprint density at radius 2 is 2.03 bits per heavy atom. The van der Waals surface area contributed by atoms with Gasteiger partial charge in [-0.1, -0.05) is 29.0 Å². The largest absolute Gasteiger partial charge is 0.494 e. The highest BCUT2D eigenvalue weighted by Crippen LogP contribution is 2.33. The zero-order valence-corrected chi connectivity index (χ0v) is 20.2. The first-order valence-electron chi connectivity index (χ1n) is 11.2. The Labute approximate surface area is 198 Å². The molecule has 0 atom stereocenters. The van der Waals surface area contributed by atoms with Crippen molar-refractivity contribution in [3.8, 4) is 5.75 Å². The lowest BCUT2D eigenvalue weighted by Gasteiger charge is -2.31. The van der Waals surface area contributed by atoms with Gasteiger partial charge < -0.3 is 14.4 Å². The van der Waals surface area contributed by atoms with Crippen LogP contribution in [0.5, 0.6) is 5.75 Å². The van der Waals surface area contributed by atoms with Gasteiger partial charge in [-0.2, -0.15) is 0 Å². The summed E-state index contributed by atoms with van der Waals surface area (Å²) in [5, 5.41) is 1.85. The number of ether oxygens (including phenoxy) is 2. The second kappa shape index (κ2) is 10.5. The summed E-state index contributed by atoms with van der Waals surface area (Å²) in [6, 6.07) is 11.9. The molecule has 0 amide bonds. The molecule has 0 saturated carbocycles. The Morgan fingerprint density at radius 3 is 2.81 bits per heavy atom. The number of anilines is 1. The molecule has 1 aromatic heterocycles. The van der Waals surface area contributed by atoms with Crippen molar-refractivity contribution in [2.45, 2.75) is 39.5 Å². The molecule has 1 aliphatic rings. The number of rotatable bonds is 8. The van der Waals surface area contributed by atoms with E-state index in [9.17, 15) is 4.79 Å². The summed E-state index contributed by atoms with van der Waals surface area (Å²) in [5.74, 6) is 1.28. The minimum atomic E-state index is -0.202. The number of carbonyl (C=O) groups excluding carboxylic acids is 1. The van der Waals surface area contributed by atoms with Crippen LogP contribution >= 0.6 is 22.9 Å². The van der Waals surface area contributed by atoms with Crippen LogP contribution in [0.15, 0.2) is 36.4 Å². The molecule has 0 bridgehead atoms. The van der Waals surface area contributed by atoms with E-state index in [1.165, 1.54) is 0 Å². The Morgan fingerprint density at radius 1 is 1.22 bits per heavy atom. The van der Waals surface area contributed by atoms with Crippen LogP contribution in [0, 0.1) is 12.8 Å². The second-order valence-electron chi connectivity index (χ2n) is 8.31. The molecular weight excluding hydrogens is 444 g/mol. The third kappa shape index (κ3) is 5.93. The molecule has 1 fully saturated rings. The predicted octanol–water partition coefficient (Wildman–Crippen LogP) is 6.05. The summed E-state index contributed by atoms with van der Waals surface area (Å²) >= 11 is 7.83. The Bertz CT molecular complexity index is 1080. The zero-order chi connectivity index (χ0) is 22.5. The number of piperidine rings is 1. The summed E-state index contributed by atoms with van der Waals surface area (Å²) in [6.45, 7) is 6.97. The van der Waals surface area contributed by atoms with Crippen LogP contribution in [0.4, 0.5) is 5.13 Å². The van der Waals surface area contributed by atoms with Crippen molar-refractivity contribution in [1.29, 1.82) is 0 Å². The number of fused-ring (bicyclic) bond motifs is 1. The maximum absolute atomic E-state index is 11.8. The van der Waals surface area contributed by atoms with E-state index in [0.29, 0.717) is 19.1 Å². The number of nitrogens with zero attached hydrogens (tertiary/aromatic N) is 2. The van der Waals surface area contributed by atoms with Gasteiger partial charge in [0.1, 0.15) is 5.75 Å². The van der Waals surface area contributed by atoms with Crippen LogP contribution in [0.1, 0.15) is 37.3 Å². The van der Waals surface area contributed by atoms with Gasteiger partial charge in [0.15, 0.2) is 5.13 Å². The fraction of sp³-hybridized carbons (Fsp3) is 0.440. The van der Waals surface area contributed by atoms with Gasteiger partial charge in [0.25, 0.3) is 0 Å². The molecule has 1 saturated heterocycles. The van der Waals surface area contributed by atoms with Gasteiger partial charge >= 0.3 is 5.97 Å². The molecule has 2 aromatic carbocycles. The summed E-state index contributed by atoms with van der Waals surface area (Å²) < 4.78 is 12.2. The number of halogens is 1. The average molecular weight is 473 g/mol. The lowest BCUT2D eigenvalue weighted by Crippen LogP contribution is -2.34. The van der Waals surface area contributed by atoms with E-state index in [1.54, 1.807) is 11.3 Å². The lowest BCUT2D eigenvalue weighted by atomic mass is 9.94. The normalized spacial score (nSPS) is 14.7.